The van der Waals surface area contributed by atoms with Gasteiger partial charge in [0.15, 0.2) is 0 Å². The van der Waals surface area contributed by atoms with Gasteiger partial charge in [-0.05, 0) is 96.7 Å². The molecule has 0 aromatic rings. The van der Waals surface area contributed by atoms with Crippen LogP contribution in [0.1, 0.15) is 99.8 Å². The summed E-state index contributed by atoms with van der Waals surface area (Å²) in [5.41, 5.74) is 0.764. The lowest BCUT2D eigenvalue weighted by Crippen LogP contribution is -2.69. The van der Waals surface area contributed by atoms with Crippen molar-refractivity contribution in [3.63, 3.8) is 0 Å². The van der Waals surface area contributed by atoms with E-state index in [-0.39, 0.29) is 56.9 Å². The van der Waals surface area contributed by atoms with Crippen LogP contribution in [-0.4, -0.2) is 33.5 Å². The number of hydrogen-bond donors (Lipinski definition) is 3. The molecule has 0 spiro atoms. The summed E-state index contributed by atoms with van der Waals surface area (Å²) in [6.45, 7) is 16.0. The average Bonchev–Trinajstić information content (AvgIpc) is 2.75. The minimum Gasteiger partial charge on any atom is -0.481 e. The standard InChI is InChI=1S/C30H48O4/c1-17-10-12-27(4)14-15-29(6)18(24(27)23(17)25(33)34)8-9-19-28(5)13-11-21(31)26(2,3)20(28)16-22(32)30(19,29)7/h8,17,19-24,31-32H,9-16H2,1-7H3,(H,33,34)/t17-,19-,20?,21+,22+,23+,24+,27-,28-,29-,30+/m1/s1. The van der Waals surface area contributed by atoms with Crippen LogP contribution in [0.4, 0.5) is 0 Å². The maximum Gasteiger partial charge on any atom is 0.307 e. The third-order valence-corrected chi connectivity index (χ3v) is 13.3. The van der Waals surface area contributed by atoms with Gasteiger partial charge in [-0.3, -0.25) is 4.79 Å². The Kier molecular flexibility index (Phi) is 5.36. The zero-order chi connectivity index (χ0) is 25.1. The third kappa shape index (κ3) is 2.82. The van der Waals surface area contributed by atoms with Crippen molar-refractivity contribution >= 4 is 5.97 Å². The summed E-state index contributed by atoms with van der Waals surface area (Å²) in [6, 6.07) is 0. The smallest absolute Gasteiger partial charge is 0.307 e. The second kappa shape index (κ2) is 7.34. The summed E-state index contributed by atoms with van der Waals surface area (Å²) < 4.78 is 0. The van der Waals surface area contributed by atoms with Crippen molar-refractivity contribution in [2.45, 2.75) is 112 Å². The molecule has 4 nitrogen and oxygen atoms in total. The van der Waals surface area contributed by atoms with Crippen molar-refractivity contribution in [2.75, 3.05) is 0 Å². The zero-order valence-electron chi connectivity index (χ0n) is 22.5. The minimum atomic E-state index is -0.639. The Bertz CT molecular complexity index is 907. The lowest BCUT2D eigenvalue weighted by Gasteiger charge is -2.72. The van der Waals surface area contributed by atoms with E-state index in [4.69, 9.17) is 0 Å². The molecule has 0 saturated heterocycles. The van der Waals surface area contributed by atoms with Gasteiger partial charge in [0.25, 0.3) is 0 Å². The van der Waals surface area contributed by atoms with Gasteiger partial charge in [0.2, 0.25) is 0 Å². The molecule has 0 amide bonds. The highest BCUT2D eigenvalue weighted by atomic mass is 16.4. The Morgan fingerprint density at radius 1 is 0.912 bits per heavy atom. The monoisotopic (exact) mass is 472 g/mol. The van der Waals surface area contributed by atoms with Gasteiger partial charge in [-0.15, -0.1) is 0 Å². The zero-order valence-corrected chi connectivity index (χ0v) is 22.5. The van der Waals surface area contributed by atoms with Gasteiger partial charge < -0.3 is 15.3 Å². The molecule has 34 heavy (non-hydrogen) atoms. The van der Waals surface area contributed by atoms with E-state index in [0.29, 0.717) is 5.92 Å². The maximum absolute atomic E-state index is 12.6. The lowest BCUT2D eigenvalue weighted by atomic mass is 9.32. The van der Waals surface area contributed by atoms with Crippen molar-refractivity contribution in [1.82, 2.24) is 0 Å². The number of carbonyl (C=O) groups is 1. The molecule has 5 rings (SSSR count). The Morgan fingerprint density at radius 2 is 1.59 bits per heavy atom. The van der Waals surface area contributed by atoms with Gasteiger partial charge in [-0.1, -0.05) is 60.1 Å². The van der Waals surface area contributed by atoms with Crippen LogP contribution < -0.4 is 0 Å². The molecule has 3 N–H and O–H groups in total. The van der Waals surface area contributed by atoms with E-state index in [1.54, 1.807) is 0 Å². The van der Waals surface area contributed by atoms with E-state index < -0.39 is 12.1 Å². The normalized spacial score (nSPS) is 56.3. The van der Waals surface area contributed by atoms with Crippen LogP contribution in [0.2, 0.25) is 0 Å². The maximum atomic E-state index is 12.6. The molecule has 11 atom stereocenters. The summed E-state index contributed by atoms with van der Waals surface area (Å²) in [4.78, 5) is 12.6. The number of rotatable bonds is 1. The Morgan fingerprint density at radius 3 is 2.24 bits per heavy atom. The first kappa shape index (κ1) is 24.8. The molecule has 0 heterocycles. The van der Waals surface area contributed by atoms with E-state index in [9.17, 15) is 20.1 Å². The fourth-order valence-electron chi connectivity index (χ4n) is 10.8. The van der Waals surface area contributed by atoms with E-state index in [0.717, 1.165) is 51.4 Å². The number of hydrogen-bond acceptors (Lipinski definition) is 3. The van der Waals surface area contributed by atoms with Crippen molar-refractivity contribution in [1.29, 1.82) is 0 Å². The molecule has 4 saturated carbocycles. The fraction of sp³-hybridized carbons (Fsp3) is 0.900. The van der Waals surface area contributed by atoms with Gasteiger partial charge in [0.1, 0.15) is 0 Å². The summed E-state index contributed by atoms with van der Waals surface area (Å²) in [5, 5.41) is 33.3. The van der Waals surface area contributed by atoms with E-state index >= 15 is 0 Å². The van der Waals surface area contributed by atoms with Crippen LogP contribution in [0.5, 0.6) is 0 Å². The van der Waals surface area contributed by atoms with Gasteiger partial charge in [0, 0.05) is 5.41 Å². The van der Waals surface area contributed by atoms with E-state index in [1.807, 2.05) is 0 Å². The molecular weight excluding hydrogens is 424 g/mol. The molecular formula is C30H48O4. The Labute approximate surface area is 206 Å². The van der Waals surface area contributed by atoms with Crippen molar-refractivity contribution < 1.29 is 20.1 Å². The highest BCUT2D eigenvalue weighted by Crippen LogP contribution is 2.75. The molecule has 0 aromatic heterocycles. The molecule has 0 radical (unpaired) electrons. The first-order valence-corrected chi connectivity index (χ1v) is 13.9. The molecule has 0 aromatic carbocycles. The van der Waals surface area contributed by atoms with Crippen molar-refractivity contribution in [3.05, 3.63) is 11.6 Å². The first-order valence-electron chi connectivity index (χ1n) is 13.9. The quantitative estimate of drug-likeness (QED) is 0.405. The van der Waals surface area contributed by atoms with Crippen molar-refractivity contribution in [3.8, 4) is 0 Å². The molecule has 5 aliphatic carbocycles. The number of aliphatic hydroxyl groups is 2. The second-order valence-corrected chi connectivity index (χ2v) is 14.8. The predicted octanol–water partition coefficient (Wildman–Crippen LogP) is 6.06. The van der Waals surface area contributed by atoms with Gasteiger partial charge in [-0.2, -0.15) is 0 Å². The minimum absolute atomic E-state index is 0.0348. The third-order valence-electron chi connectivity index (χ3n) is 13.3. The largest absolute Gasteiger partial charge is 0.481 e. The summed E-state index contributed by atoms with van der Waals surface area (Å²) >= 11 is 0. The molecule has 192 valence electrons. The SMILES string of the molecule is C[C@@H]1CC[C@]2(C)CC[C@]3(C)C(=CC[C@H]4[C@@]3(C)[C@@H](O)CC3C(C)(C)[C@@H](O)CC[C@@]34C)[C@H]2[C@H]1C(=O)O. The highest BCUT2D eigenvalue weighted by Gasteiger charge is 2.71. The summed E-state index contributed by atoms with van der Waals surface area (Å²) in [5.74, 6) is -0.109. The van der Waals surface area contributed by atoms with Crippen LogP contribution in [0, 0.1) is 56.7 Å². The van der Waals surface area contributed by atoms with Gasteiger partial charge in [-0.25, -0.2) is 0 Å². The van der Waals surface area contributed by atoms with Crippen LogP contribution >= 0.6 is 0 Å². The lowest BCUT2D eigenvalue weighted by molar-refractivity contribution is -0.245. The molecule has 4 fully saturated rings. The number of carboxylic acid groups (broad SMARTS) is 1. The summed E-state index contributed by atoms with van der Waals surface area (Å²) in [6.07, 6.45) is 9.36. The second-order valence-electron chi connectivity index (χ2n) is 14.8. The average molecular weight is 473 g/mol. The number of aliphatic carboxylic acids is 1. The number of fused-ring (bicyclic) bond motifs is 7. The van der Waals surface area contributed by atoms with Crippen LogP contribution in [-0.2, 0) is 4.79 Å². The molecule has 0 aliphatic heterocycles. The van der Waals surface area contributed by atoms with Crippen molar-refractivity contribution in [2.24, 2.45) is 56.7 Å². The Balaban J connectivity index is 1.65. The number of aliphatic hydroxyl groups excluding tert-OH is 2. The van der Waals surface area contributed by atoms with Gasteiger partial charge in [0.05, 0.1) is 18.1 Å². The van der Waals surface area contributed by atoms with Crippen LogP contribution in [0.25, 0.3) is 0 Å². The first-order chi connectivity index (χ1) is 15.6. The summed E-state index contributed by atoms with van der Waals surface area (Å²) in [7, 11) is 0. The van der Waals surface area contributed by atoms with Crippen LogP contribution in [0.15, 0.2) is 11.6 Å². The topological polar surface area (TPSA) is 77.8 Å². The fourth-order valence-corrected chi connectivity index (χ4v) is 10.8. The molecule has 0 bridgehead atoms. The molecule has 4 heteroatoms. The van der Waals surface area contributed by atoms with E-state index in [2.05, 4.69) is 54.5 Å². The number of carboxylic acids is 1. The number of allylic oxidation sites excluding steroid dienone is 2. The predicted molar refractivity (Wildman–Crippen MR) is 134 cm³/mol. The Hall–Kier alpha value is -0.870. The molecule has 1 unspecified atom stereocenters. The van der Waals surface area contributed by atoms with Gasteiger partial charge >= 0.3 is 5.97 Å². The van der Waals surface area contributed by atoms with E-state index in [1.165, 1.54) is 5.57 Å². The highest BCUT2D eigenvalue weighted by molar-refractivity contribution is 5.72. The molecule has 5 aliphatic rings. The van der Waals surface area contributed by atoms with Crippen LogP contribution in [0.3, 0.4) is 0 Å².